The lowest BCUT2D eigenvalue weighted by molar-refractivity contribution is 0.391. The minimum Gasteiger partial charge on any atom is -0.497 e. The van der Waals surface area contributed by atoms with Gasteiger partial charge in [0.15, 0.2) is 0 Å². The molecule has 0 spiro atoms. The van der Waals surface area contributed by atoms with Gasteiger partial charge in [0.2, 0.25) is 10.0 Å². The Kier molecular flexibility index (Phi) is 6.09. The van der Waals surface area contributed by atoms with Crippen molar-refractivity contribution in [1.29, 1.82) is 0 Å². The van der Waals surface area contributed by atoms with E-state index in [1.807, 2.05) is 6.07 Å². The Hall–Kier alpha value is -3.04. The Balaban J connectivity index is 2.09. The van der Waals surface area contributed by atoms with Crippen LogP contribution in [0.25, 0.3) is 0 Å². The number of imidazole rings is 1. The lowest BCUT2D eigenvalue weighted by atomic mass is 10.1. The molecule has 8 nitrogen and oxygen atoms in total. The molecule has 1 atom stereocenters. The normalized spacial score (nSPS) is 12.4. The van der Waals surface area contributed by atoms with Gasteiger partial charge in [0.1, 0.15) is 34.0 Å². The zero-order valence-corrected chi connectivity index (χ0v) is 17.4. The molecule has 0 aliphatic heterocycles. The van der Waals surface area contributed by atoms with Crippen LogP contribution in [0.1, 0.15) is 17.4 Å². The minimum atomic E-state index is -3.99. The lowest BCUT2D eigenvalue weighted by Crippen LogP contribution is -2.31. The summed E-state index contributed by atoms with van der Waals surface area (Å²) >= 11 is 0. The van der Waals surface area contributed by atoms with Gasteiger partial charge in [0, 0.05) is 25.5 Å². The van der Waals surface area contributed by atoms with Crippen LogP contribution < -0.4 is 18.9 Å². The Morgan fingerprint density at radius 2 is 1.72 bits per heavy atom. The van der Waals surface area contributed by atoms with Gasteiger partial charge in [-0.25, -0.2) is 13.4 Å². The summed E-state index contributed by atoms with van der Waals surface area (Å²) < 4.78 is 46.9. The van der Waals surface area contributed by atoms with Crippen LogP contribution in [0, 0.1) is 0 Å². The third kappa shape index (κ3) is 4.36. The van der Waals surface area contributed by atoms with Gasteiger partial charge in [-0.1, -0.05) is 12.1 Å². The van der Waals surface area contributed by atoms with Crippen molar-refractivity contribution >= 4 is 10.0 Å². The number of sulfonamides is 1. The SMILES string of the molecule is COc1cccc(C(NS(=O)(=O)c2cc(OC)ccc2OC)c2nccn2C)c1. The van der Waals surface area contributed by atoms with Crippen molar-refractivity contribution in [3.8, 4) is 17.2 Å². The number of aryl methyl sites for hydroxylation is 1. The van der Waals surface area contributed by atoms with Crippen molar-refractivity contribution in [2.24, 2.45) is 7.05 Å². The zero-order chi connectivity index (χ0) is 21.0. The highest BCUT2D eigenvalue weighted by Gasteiger charge is 2.28. The summed E-state index contributed by atoms with van der Waals surface area (Å²) in [6, 6.07) is 11.0. The molecule has 0 fully saturated rings. The molecule has 1 aromatic heterocycles. The van der Waals surface area contributed by atoms with E-state index in [4.69, 9.17) is 14.2 Å². The molecule has 0 radical (unpaired) electrons. The van der Waals surface area contributed by atoms with E-state index in [0.29, 0.717) is 22.9 Å². The lowest BCUT2D eigenvalue weighted by Gasteiger charge is -2.21. The molecule has 0 saturated heterocycles. The molecule has 9 heteroatoms. The van der Waals surface area contributed by atoms with Crippen LogP contribution in [0.15, 0.2) is 59.8 Å². The second kappa shape index (κ2) is 8.54. The standard InChI is InChI=1S/C20H23N3O5S/c1-23-11-10-21-20(23)19(14-6-5-7-15(12-14)26-2)22-29(24,25)18-13-16(27-3)8-9-17(18)28-4/h5-13,19,22H,1-4H3. The molecule has 154 valence electrons. The molecule has 3 aromatic rings. The maximum atomic E-state index is 13.3. The summed E-state index contributed by atoms with van der Waals surface area (Å²) in [5.74, 6) is 1.76. The number of aromatic nitrogens is 2. The van der Waals surface area contributed by atoms with E-state index in [1.54, 1.807) is 61.5 Å². The van der Waals surface area contributed by atoms with Crippen molar-refractivity contribution < 1.29 is 22.6 Å². The summed E-state index contributed by atoms with van der Waals surface area (Å²) in [5.41, 5.74) is 0.684. The van der Waals surface area contributed by atoms with Crippen LogP contribution in [0.4, 0.5) is 0 Å². The van der Waals surface area contributed by atoms with Crippen LogP contribution in [0.3, 0.4) is 0 Å². The Morgan fingerprint density at radius 1 is 1.00 bits per heavy atom. The van der Waals surface area contributed by atoms with Gasteiger partial charge < -0.3 is 18.8 Å². The maximum Gasteiger partial charge on any atom is 0.245 e. The molecular weight excluding hydrogens is 394 g/mol. The van der Waals surface area contributed by atoms with Crippen molar-refractivity contribution in [1.82, 2.24) is 14.3 Å². The summed E-state index contributed by atoms with van der Waals surface area (Å²) in [4.78, 5) is 4.31. The van der Waals surface area contributed by atoms with E-state index in [2.05, 4.69) is 9.71 Å². The van der Waals surface area contributed by atoms with E-state index in [9.17, 15) is 8.42 Å². The average molecular weight is 417 g/mol. The number of methoxy groups -OCH3 is 3. The first-order chi connectivity index (χ1) is 13.9. The van der Waals surface area contributed by atoms with Crippen molar-refractivity contribution in [3.05, 3.63) is 66.2 Å². The molecule has 0 aliphatic carbocycles. The Bertz CT molecular complexity index is 1100. The van der Waals surface area contributed by atoms with Crippen LogP contribution in [-0.2, 0) is 17.1 Å². The number of rotatable bonds is 8. The smallest absolute Gasteiger partial charge is 0.245 e. The maximum absolute atomic E-state index is 13.3. The highest BCUT2D eigenvalue weighted by molar-refractivity contribution is 7.89. The first kappa shape index (κ1) is 20.7. The van der Waals surface area contributed by atoms with Crippen molar-refractivity contribution in [3.63, 3.8) is 0 Å². The number of hydrogen-bond acceptors (Lipinski definition) is 6. The van der Waals surface area contributed by atoms with Gasteiger partial charge in [0.05, 0.1) is 21.3 Å². The highest BCUT2D eigenvalue weighted by Crippen LogP contribution is 2.31. The third-order valence-electron chi connectivity index (χ3n) is 4.48. The van der Waals surface area contributed by atoms with Crippen LogP contribution in [-0.4, -0.2) is 39.3 Å². The first-order valence-electron chi connectivity index (χ1n) is 8.75. The molecule has 0 saturated carbocycles. The van der Waals surface area contributed by atoms with E-state index in [-0.39, 0.29) is 10.6 Å². The highest BCUT2D eigenvalue weighted by atomic mass is 32.2. The molecule has 2 aromatic carbocycles. The molecular formula is C20H23N3O5S. The fraction of sp³-hybridized carbons (Fsp3) is 0.250. The fourth-order valence-electron chi connectivity index (χ4n) is 2.96. The van der Waals surface area contributed by atoms with Gasteiger partial charge in [-0.15, -0.1) is 0 Å². The van der Waals surface area contributed by atoms with Gasteiger partial charge >= 0.3 is 0 Å². The van der Waals surface area contributed by atoms with Crippen molar-refractivity contribution in [2.75, 3.05) is 21.3 Å². The first-order valence-corrected chi connectivity index (χ1v) is 10.2. The van der Waals surface area contributed by atoms with E-state index in [0.717, 1.165) is 0 Å². The van der Waals surface area contributed by atoms with Gasteiger partial charge in [0.25, 0.3) is 0 Å². The van der Waals surface area contributed by atoms with Gasteiger partial charge in [-0.05, 0) is 29.8 Å². The summed E-state index contributed by atoms with van der Waals surface area (Å²) in [7, 11) is 2.25. The largest absolute Gasteiger partial charge is 0.497 e. The molecule has 1 unspecified atom stereocenters. The third-order valence-corrected chi connectivity index (χ3v) is 5.92. The van der Waals surface area contributed by atoms with E-state index in [1.165, 1.54) is 20.3 Å². The van der Waals surface area contributed by atoms with Crippen molar-refractivity contribution in [2.45, 2.75) is 10.9 Å². The number of nitrogens with one attached hydrogen (secondary N) is 1. The number of benzene rings is 2. The molecule has 29 heavy (non-hydrogen) atoms. The Morgan fingerprint density at radius 3 is 2.34 bits per heavy atom. The minimum absolute atomic E-state index is 0.0264. The number of hydrogen-bond donors (Lipinski definition) is 1. The summed E-state index contributed by atoms with van der Waals surface area (Å²) in [6.45, 7) is 0. The molecule has 3 rings (SSSR count). The number of nitrogens with zero attached hydrogens (tertiary/aromatic N) is 2. The average Bonchev–Trinajstić information content (AvgIpc) is 3.17. The van der Waals surface area contributed by atoms with Crippen LogP contribution >= 0.6 is 0 Å². The monoisotopic (exact) mass is 417 g/mol. The molecule has 0 bridgehead atoms. The molecule has 0 aliphatic rings. The molecule has 1 heterocycles. The second-order valence-corrected chi connectivity index (χ2v) is 7.93. The predicted octanol–water partition coefficient (Wildman–Crippen LogP) is 2.51. The molecule has 0 amide bonds. The van der Waals surface area contributed by atoms with E-state index >= 15 is 0 Å². The number of ether oxygens (including phenoxy) is 3. The Labute approximate surface area is 170 Å². The quantitative estimate of drug-likeness (QED) is 0.606. The summed E-state index contributed by atoms with van der Waals surface area (Å²) in [5, 5.41) is 0. The van der Waals surface area contributed by atoms with Crippen LogP contribution in [0.5, 0.6) is 17.2 Å². The second-order valence-electron chi connectivity index (χ2n) is 6.24. The fourth-order valence-corrected chi connectivity index (χ4v) is 4.33. The zero-order valence-electron chi connectivity index (χ0n) is 16.6. The predicted molar refractivity (Wildman–Crippen MR) is 108 cm³/mol. The molecule has 1 N–H and O–H groups in total. The van der Waals surface area contributed by atoms with Crippen LogP contribution in [0.2, 0.25) is 0 Å². The van der Waals surface area contributed by atoms with Gasteiger partial charge in [-0.3, -0.25) is 0 Å². The van der Waals surface area contributed by atoms with E-state index < -0.39 is 16.1 Å². The summed E-state index contributed by atoms with van der Waals surface area (Å²) in [6.07, 6.45) is 3.37. The van der Waals surface area contributed by atoms with Gasteiger partial charge in [-0.2, -0.15) is 4.72 Å². The topological polar surface area (TPSA) is 91.7 Å².